The third-order valence-corrected chi connectivity index (χ3v) is 4.46. The summed E-state index contributed by atoms with van der Waals surface area (Å²) in [5, 5.41) is 3.43. The number of carbonyl (C=O) groups excluding carboxylic acids is 1. The molecule has 1 aliphatic carbocycles. The molecule has 0 bridgehead atoms. The van der Waals surface area contributed by atoms with Crippen LogP contribution in [-0.4, -0.2) is 60.5 Å². The Morgan fingerprint density at radius 1 is 1.26 bits per heavy atom. The van der Waals surface area contributed by atoms with Crippen LogP contribution in [0.15, 0.2) is 0 Å². The summed E-state index contributed by atoms with van der Waals surface area (Å²) in [4.78, 5) is 17.1. The zero-order valence-electron chi connectivity index (χ0n) is 12.9. The number of carbonyl (C=O) groups is 1. The lowest BCUT2D eigenvalue weighted by molar-refractivity contribution is -0.148. The van der Waals surface area contributed by atoms with Gasteiger partial charge in [0.25, 0.3) is 0 Å². The molecule has 1 aliphatic heterocycles. The lowest BCUT2D eigenvalue weighted by Crippen LogP contribution is -2.69. The summed E-state index contributed by atoms with van der Waals surface area (Å²) in [5.41, 5.74) is -0.0537. The van der Waals surface area contributed by atoms with Gasteiger partial charge in [-0.15, -0.1) is 0 Å². The number of hydrogen-bond donors (Lipinski definition) is 1. The van der Waals surface area contributed by atoms with Crippen LogP contribution >= 0.6 is 0 Å². The molecule has 0 aromatic carbocycles. The van der Waals surface area contributed by atoms with Crippen LogP contribution in [0.2, 0.25) is 0 Å². The number of likely N-dealkylation sites (N-methyl/N-ethyl adjacent to an activating group) is 1. The van der Waals surface area contributed by atoms with Gasteiger partial charge >= 0.3 is 0 Å². The first-order valence-corrected chi connectivity index (χ1v) is 7.63. The van der Waals surface area contributed by atoms with E-state index in [0.717, 1.165) is 13.1 Å². The largest absolute Gasteiger partial charge is 0.332 e. The van der Waals surface area contributed by atoms with Crippen molar-refractivity contribution in [2.45, 2.75) is 63.6 Å². The first-order valence-electron chi connectivity index (χ1n) is 7.63. The summed E-state index contributed by atoms with van der Waals surface area (Å²) < 4.78 is 0. The van der Waals surface area contributed by atoms with E-state index >= 15 is 0 Å². The minimum atomic E-state index is -0.0537. The van der Waals surface area contributed by atoms with Crippen molar-refractivity contribution in [1.82, 2.24) is 15.1 Å². The Hall–Kier alpha value is -0.610. The first-order chi connectivity index (χ1) is 8.92. The van der Waals surface area contributed by atoms with Crippen LogP contribution in [-0.2, 0) is 4.79 Å². The molecule has 0 aromatic heterocycles. The number of amides is 1. The quantitative estimate of drug-likeness (QED) is 0.841. The normalized spacial score (nSPS) is 29.0. The molecule has 2 aliphatic rings. The number of piperazine rings is 1. The fourth-order valence-electron chi connectivity index (χ4n) is 3.53. The second-order valence-corrected chi connectivity index (χ2v) is 7.01. The van der Waals surface area contributed by atoms with Crippen molar-refractivity contribution < 1.29 is 4.79 Å². The highest BCUT2D eigenvalue weighted by Gasteiger charge is 2.43. The fourth-order valence-corrected chi connectivity index (χ4v) is 3.53. The van der Waals surface area contributed by atoms with Gasteiger partial charge in [-0.25, -0.2) is 0 Å². The van der Waals surface area contributed by atoms with E-state index in [9.17, 15) is 4.79 Å². The molecule has 1 saturated heterocycles. The molecule has 1 amide bonds. The van der Waals surface area contributed by atoms with Crippen LogP contribution in [0.5, 0.6) is 0 Å². The van der Waals surface area contributed by atoms with Crippen LogP contribution < -0.4 is 5.32 Å². The molecule has 4 heteroatoms. The Labute approximate surface area is 117 Å². The van der Waals surface area contributed by atoms with E-state index in [1.165, 1.54) is 32.1 Å². The van der Waals surface area contributed by atoms with Crippen molar-refractivity contribution >= 4 is 5.91 Å². The average molecular weight is 267 g/mol. The van der Waals surface area contributed by atoms with Crippen molar-refractivity contribution in [1.29, 1.82) is 0 Å². The van der Waals surface area contributed by atoms with Crippen LogP contribution in [0.3, 0.4) is 0 Å². The third kappa shape index (κ3) is 3.29. The molecule has 2 rings (SSSR count). The highest BCUT2D eigenvalue weighted by atomic mass is 16.2. The van der Waals surface area contributed by atoms with E-state index in [4.69, 9.17) is 0 Å². The minimum absolute atomic E-state index is 0.0371. The third-order valence-electron chi connectivity index (χ3n) is 4.46. The maximum Gasteiger partial charge on any atom is 0.241 e. The van der Waals surface area contributed by atoms with Gasteiger partial charge in [0, 0.05) is 19.1 Å². The summed E-state index contributed by atoms with van der Waals surface area (Å²) in [6.45, 7) is 6.07. The molecule has 110 valence electrons. The lowest BCUT2D eigenvalue weighted by atomic mass is 9.87. The molecule has 1 saturated carbocycles. The van der Waals surface area contributed by atoms with Gasteiger partial charge in [-0.3, -0.25) is 4.79 Å². The van der Waals surface area contributed by atoms with Crippen molar-refractivity contribution in [3.8, 4) is 0 Å². The van der Waals surface area contributed by atoms with E-state index in [1.54, 1.807) is 0 Å². The second kappa shape index (κ2) is 5.80. The van der Waals surface area contributed by atoms with Gasteiger partial charge in [0.1, 0.15) is 0 Å². The Balaban J connectivity index is 2.12. The topological polar surface area (TPSA) is 35.6 Å². The van der Waals surface area contributed by atoms with Gasteiger partial charge in [0.15, 0.2) is 0 Å². The van der Waals surface area contributed by atoms with Gasteiger partial charge in [-0.2, -0.15) is 0 Å². The van der Waals surface area contributed by atoms with E-state index in [1.807, 2.05) is 14.1 Å². The molecule has 0 spiro atoms. The van der Waals surface area contributed by atoms with Crippen LogP contribution in [0.4, 0.5) is 0 Å². The van der Waals surface area contributed by atoms with E-state index in [0.29, 0.717) is 11.9 Å². The predicted molar refractivity (Wildman–Crippen MR) is 78.1 cm³/mol. The number of hydrogen-bond acceptors (Lipinski definition) is 3. The monoisotopic (exact) mass is 267 g/mol. The number of nitrogens with one attached hydrogen (secondary N) is 1. The fraction of sp³-hybridized carbons (Fsp3) is 0.933. The van der Waals surface area contributed by atoms with Crippen molar-refractivity contribution in [3.63, 3.8) is 0 Å². The molecular formula is C15H29N3O. The van der Waals surface area contributed by atoms with E-state index < -0.39 is 0 Å². The Morgan fingerprint density at radius 3 is 2.47 bits per heavy atom. The summed E-state index contributed by atoms with van der Waals surface area (Å²) in [6.07, 6.45) is 6.25. The molecule has 2 fully saturated rings. The molecule has 0 aromatic rings. The molecule has 1 unspecified atom stereocenters. The van der Waals surface area contributed by atoms with Crippen LogP contribution in [0, 0.1) is 0 Å². The van der Waals surface area contributed by atoms with Crippen LogP contribution in [0.1, 0.15) is 46.0 Å². The zero-order chi connectivity index (χ0) is 14.0. The van der Waals surface area contributed by atoms with Gasteiger partial charge in [0.2, 0.25) is 5.91 Å². The summed E-state index contributed by atoms with van der Waals surface area (Å²) >= 11 is 0. The maximum absolute atomic E-state index is 12.8. The molecule has 0 radical (unpaired) electrons. The highest BCUT2D eigenvalue weighted by Crippen LogP contribution is 2.30. The SMILES string of the molecule is CN(C)CC1NCC(C)(C)N(C2CCCCC2)C1=O. The molecule has 4 nitrogen and oxygen atoms in total. The second-order valence-electron chi connectivity index (χ2n) is 7.01. The Kier molecular flexibility index (Phi) is 4.51. The summed E-state index contributed by atoms with van der Waals surface area (Å²) in [7, 11) is 4.05. The van der Waals surface area contributed by atoms with Crippen molar-refractivity contribution in [2.75, 3.05) is 27.2 Å². The minimum Gasteiger partial charge on any atom is -0.332 e. The molecule has 1 heterocycles. The Bertz CT molecular complexity index is 321. The maximum atomic E-state index is 12.8. The number of nitrogens with zero attached hydrogens (tertiary/aromatic N) is 2. The van der Waals surface area contributed by atoms with Crippen molar-refractivity contribution in [3.05, 3.63) is 0 Å². The van der Waals surface area contributed by atoms with E-state index in [-0.39, 0.29) is 11.6 Å². The summed E-state index contributed by atoms with van der Waals surface area (Å²) in [6, 6.07) is 0.424. The summed E-state index contributed by atoms with van der Waals surface area (Å²) in [5.74, 6) is 0.303. The van der Waals surface area contributed by atoms with Gasteiger partial charge < -0.3 is 15.1 Å². The molecule has 1 atom stereocenters. The zero-order valence-corrected chi connectivity index (χ0v) is 12.9. The van der Waals surface area contributed by atoms with Gasteiger partial charge in [-0.05, 0) is 40.8 Å². The first kappa shape index (κ1) is 14.8. The van der Waals surface area contributed by atoms with Crippen molar-refractivity contribution in [2.24, 2.45) is 0 Å². The molecular weight excluding hydrogens is 238 g/mol. The number of rotatable bonds is 3. The Morgan fingerprint density at radius 2 is 1.89 bits per heavy atom. The average Bonchev–Trinajstić information content (AvgIpc) is 2.34. The molecule has 1 N–H and O–H groups in total. The predicted octanol–water partition coefficient (Wildman–Crippen LogP) is 1.46. The smallest absolute Gasteiger partial charge is 0.241 e. The lowest BCUT2D eigenvalue weighted by Gasteiger charge is -2.50. The van der Waals surface area contributed by atoms with Gasteiger partial charge in [-0.1, -0.05) is 19.3 Å². The molecule has 19 heavy (non-hydrogen) atoms. The van der Waals surface area contributed by atoms with Gasteiger partial charge in [0.05, 0.1) is 11.6 Å². The van der Waals surface area contributed by atoms with E-state index in [2.05, 4.69) is 29.0 Å². The standard InChI is InChI=1S/C15H29N3O/c1-15(2)11-16-13(10-17(3)4)14(19)18(15)12-8-6-5-7-9-12/h12-13,16H,5-11H2,1-4H3. The highest BCUT2D eigenvalue weighted by molar-refractivity contribution is 5.84. The van der Waals surface area contributed by atoms with Crippen LogP contribution in [0.25, 0.3) is 0 Å².